The predicted octanol–water partition coefficient (Wildman–Crippen LogP) is 3.20. The number of fused-ring (bicyclic) bond motifs is 1. The Hall–Kier alpha value is -2.44. The highest BCUT2D eigenvalue weighted by Gasteiger charge is 2.20. The van der Waals surface area contributed by atoms with Gasteiger partial charge in [0.25, 0.3) is 0 Å². The van der Waals surface area contributed by atoms with Crippen molar-refractivity contribution in [3.63, 3.8) is 0 Å². The second-order valence-corrected chi connectivity index (χ2v) is 7.65. The summed E-state index contributed by atoms with van der Waals surface area (Å²) in [6, 6.07) is 12.9. The largest absolute Gasteiger partial charge is 0.377 e. The molecule has 0 N–H and O–H groups in total. The molecule has 2 aromatic carbocycles. The van der Waals surface area contributed by atoms with E-state index in [2.05, 4.69) is 17.0 Å². The predicted molar refractivity (Wildman–Crippen MR) is 108 cm³/mol. The number of ether oxygens (including phenoxy) is 1. The minimum Gasteiger partial charge on any atom is -0.377 e. The van der Waals surface area contributed by atoms with Crippen molar-refractivity contribution in [3.05, 3.63) is 69.9 Å². The first-order valence-electron chi connectivity index (χ1n) is 9.74. The van der Waals surface area contributed by atoms with Gasteiger partial charge in [0, 0.05) is 40.3 Å². The molecule has 0 spiro atoms. The van der Waals surface area contributed by atoms with E-state index in [0.29, 0.717) is 0 Å². The highest BCUT2D eigenvalue weighted by atomic mass is 19.1. The number of aromatic nitrogens is 2. The summed E-state index contributed by atoms with van der Waals surface area (Å²) < 4.78 is 22.4. The molecule has 0 aliphatic carbocycles. The van der Waals surface area contributed by atoms with Gasteiger partial charge in [0.15, 0.2) is 0 Å². The Kier molecular flexibility index (Phi) is 5.33. The van der Waals surface area contributed by atoms with Gasteiger partial charge < -0.3 is 4.74 Å². The molecule has 1 fully saturated rings. The molecule has 3 aromatic rings. The lowest BCUT2D eigenvalue weighted by atomic mass is 10.1. The Balaban J connectivity index is 1.58. The van der Waals surface area contributed by atoms with Gasteiger partial charge in [-0.05, 0) is 48.2 Å². The molecular formula is C22H26FN3O2. The fraction of sp³-hybridized carbons (Fsp3) is 0.409. The van der Waals surface area contributed by atoms with E-state index < -0.39 is 0 Å². The van der Waals surface area contributed by atoms with Crippen LogP contribution >= 0.6 is 0 Å². The number of rotatable bonds is 6. The van der Waals surface area contributed by atoms with Crippen molar-refractivity contribution in [2.45, 2.75) is 32.0 Å². The number of aryl methyl sites for hydroxylation is 2. The Labute approximate surface area is 163 Å². The Morgan fingerprint density at radius 2 is 1.71 bits per heavy atom. The minimum atomic E-state index is -0.218. The van der Waals surface area contributed by atoms with E-state index in [1.807, 2.05) is 18.2 Å². The number of hydrogen-bond acceptors (Lipinski definition) is 3. The molecule has 0 radical (unpaired) electrons. The Morgan fingerprint density at radius 1 is 1.04 bits per heavy atom. The fourth-order valence-corrected chi connectivity index (χ4v) is 4.02. The molecule has 2 heterocycles. The van der Waals surface area contributed by atoms with Crippen LogP contribution in [0.3, 0.4) is 0 Å². The summed E-state index contributed by atoms with van der Waals surface area (Å²) in [4.78, 5) is 14.5. The molecule has 0 bridgehead atoms. The quantitative estimate of drug-likeness (QED) is 0.656. The van der Waals surface area contributed by atoms with E-state index in [0.717, 1.165) is 61.2 Å². The number of hydrogen-bond donors (Lipinski definition) is 0. The van der Waals surface area contributed by atoms with E-state index >= 15 is 0 Å². The van der Waals surface area contributed by atoms with Gasteiger partial charge in [0.1, 0.15) is 5.82 Å². The van der Waals surface area contributed by atoms with E-state index in [-0.39, 0.29) is 17.6 Å². The molecule has 28 heavy (non-hydrogen) atoms. The normalized spacial score (nSPS) is 17.1. The fourth-order valence-electron chi connectivity index (χ4n) is 4.02. The lowest BCUT2D eigenvalue weighted by Gasteiger charge is -2.25. The van der Waals surface area contributed by atoms with Gasteiger partial charge in [-0.1, -0.05) is 18.2 Å². The second-order valence-electron chi connectivity index (χ2n) is 7.65. The third-order valence-corrected chi connectivity index (χ3v) is 5.55. The topological polar surface area (TPSA) is 39.4 Å². The lowest BCUT2D eigenvalue weighted by Crippen LogP contribution is -2.31. The van der Waals surface area contributed by atoms with Gasteiger partial charge in [-0.3, -0.25) is 14.0 Å². The molecule has 6 heteroatoms. The number of halogens is 1. The molecule has 1 aliphatic heterocycles. The molecule has 148 valence electrons. The second kappa shape index (κ2) is 7.89. The van der Waals surface area contributed by atoms with Crippen LogP contribution in [0.4, 0.5) is 4.39 Å². The van der Waals surface area contributed by atoms with Crippen molar-refractivity contribution < 1.29 is 9.13 Å². The molecule has 1 unspecified atom stereocenters. The van der Waals surface area contributed by atoms with Crippen LogP contribution in [-0.4, -0.2) is 33.3 Å². The Morgan fingerprint density at radius 3 is 2.43 bits per heavy atom. The Bertz CT molecular complexity index is 1020. The average Bonchev–Trinajstić information content (AvgIpc) is 3.27. The van der Waals surface area contributed by atoms with Crippen LogP contribution in [0.25, 0.3) is 11.0 Å². The van der Waals surface area contributed by atoms with Gasteiger partial charge in [-0.25, -0.2) is 9.18 Å². The third-order valence-electron chi connectivity index (χ3n) is 5.55. The molecule has 4 rings (SSSR count). The van der Waals surface area contributed by atoms with Crippen molar-refractivity contribution >= 4 is 11.0 Å². The molecule has 1 saturated heterocycles. The highest BCUT2D eigenvalue weighted by Crippen LogP contribution is 2.20. The van der Waals surface area contributed by atoms with Crippen LogP contribution in [0, 0.1) is 5.82 Å². The third kappa shape index (κ3) is 3.88. The number of nitrogens with zero attached hydrogens (tertiary/aromatic N) is 3. The SMILES string of the molecule is Cn1c(=O)n(C)c2cc(CN(Cc3ccc(F)cc3)CC3CCCO3)ccc21. The summed E-state index contributed by atoms with van der Waals surface area (Å²) in [7, 11) is 3.60. The zero-order valence-electron chi connectivity index (χ0n) is 16.4. The van der Waals surface area contributed by atoms with Crippen molar-refractivity contribution in [2.75, 3.05) is 13.2 Å². The summed E-state index contributed by atoms with van der Waals surface area (Å²) >= 11 is 0. The van der Waals surface area contributed by atoms with Crippen molar-refractivity contribution in [1.82, 2.24) is 14.0 Å². The monoisotopic (exact) mass is 383 g/mol. The summed E-state index contributed by atoms with van der Waals surface area (Å²) in [5, 5.41) is 0. The number of imidazole rings is 1. The molecule has 0 amide bonds. The first-order valence-corrected chi connectivity index (χ1v) is 9.74. The van der Waals surface area contributed by atoms with Crippen molar-refractivity contribution in [1.29, 1.82) is 0 Å². The first-order chi connectivity index (χ1) is 13.5. The summed E-state index contributed by atoms with van der Waals surface area (Å²) in [6.45, 7) is 3.14. The van der Waals surface area contributed by atoms with Crippen LogP contribution < -0.4 is 5.69 Å². The molecule has 5 nitrogen and oxygen atoms in total. The van der Waals surface area contributed by atoms with Gasteiger partial charge in [-0.2, -0.15) is 0 Å². The highest BCUT2D eigenvalue weighted by molar-refractivity contribution is 5.76. The minimum absolute atomic E-state index is 0.0188. The summed E-state index contributed by atoms with van der Waals surface area (Å²) in [6.07, 6.45) is 2.42. The van der Waals surface area contributed by atoms with E-state index in [4.69, 9.17) is 4.74 Å². The average molecular weight is 383 g/mol. The zero-order chi connectivity index (χ0) is 19.7. The van der Waals surface area contributed by atoms with Gasteiger partial charge in [0.05, 0.1) is 17.1 Å². The molecule has 1 aromatic heterocycles. The van der Waals surface area contributed by atoms with E-state index in [1.54, 1.807) is 23.2 Å². The molecule has 1 atom stereocenters. The number of benzene rings is 2. The van der Waals surface area contributed by atoms with E-state index in [9.17, 15) is 9.18 Å². The molecular weight excluding hydrogens is 357 g/mol. The molecule has 1 aliphatic rings. The van der Waals surface area contributed by atoms with Crippen LogP contribution in [0.2, 0.25) is 0 Å². The lowest BCUT2D eigenvalue weighted by molar-refractivity contribution is 0.0679. The van der Waals surface area contributed by atoms with Crippen molar-refractivity contribution in [2.24, 2.45) is 14.1 Å². The summed E-state index contributed by atoms with van der Waals surface area (Å²) in [5.74, 6) is -0.218. The first kappa shape index (κ1) is 18.9. The standard InChI is InChI=1S/C22H26FN3O2/c1-24-20-10-7-17(12-21(20)25(2)22(24)27)14-26(15-19-4-3-11-28-19)13-16-5-8-18(23)9-6-16/h5-10,12,19H,3-4,11,13-15H2,1-2H3. The smallest absolute Gasteiger partial charge is 0.328 e. The van der Waals surface area contributed by atoms with Crippen LogP contribution in [0.15, 0.2) is 47.3 Å². The maximum absolute atomic E-state index is 13.3. The van der Waals surface area contributed by atoms with Crippen LogP contribution in [-0.2, 0) is 31.9 Å². The van der Waals surface area contributed by atoms with Crippen molar-refractivity contribution in [3.8, 4) is 0 Å². The maximum atomic E-state index is 13.3. The van der Waals surface area contributed by atoms with E-state index in [1.165, 1.54) is 12.1 Å². The zero-order valence-corrected chi connectivity index (χ0v) is 16.4. The van der Waals surface area contributed by atoms with Gasteiger partial charge >= 0.3 is 5.69 Å². The maximum Gasteiger partial charge on any atom is 0.328 e. The van der Waals surface area contributed by atoms with Gasteiger partial charge in [-0.15, -0.1) is 0 Å². The summed E-state index contributed by atoms with van der Waals surface area (Å²) in [5.41, 5.74) is 4.07. The van der Waals surface area contributed by atoms with Crippen LogP contribution in [0.5, 0.6) is 0 Å². The van der Waals surface area contributed by atoms with Crippen LogP contribution in [0.1, 0.15) is 24.0 Å². The van der Waals surface area contributed by atoms with Gasteiger partial charge in [0.2, 0.25) is 0 Å². The molecule has 0 saturated carbocycles.